The van der Waals surface area contributed by atoms with E-state index in [1.807, 2.05) is 6.92 Å². The van der Waals surface area contributed by atoms with Crippen molar-refractivity contribution in [3.05, 3.63) is 0 Å². The van der Waals surface area contributed by atoms with Gasteiger partial charge in [0.05, 0.1) is 11.4 Å². The van der Waals surface area contributed by atoms with Gasteiger partial charge >= 0.3 is 0 Å². The zero-order valence-corrected chi connectivity index (χ0v) is 10.7. The Morgan fingerprint density at radius 3 is 2.65 bits per heavy atom. The van der Waals surface area contributed by atoms with Crippen molar-refractivity contribution in [3.63, 3.8) is 0 Å². The second-order valence-electron chi connectivity index (χ2n) is 4.41. The Morgan fingerprint density at radius 1 is 1.53 bits per heavy atom. The Hall–Kier alpha value is -0.700. The topological polar surface area (TPSA) is 111 Å². The summed E-state index contributed by atoms with van der Waals surface area (Å²) in [6, 6.07) is 0. The van der Waals surface area contributed by atoms with E-state index in [0.29, 0.717) is 6.42 Å². The first kappa shape index (κ1) is 14.4. The highest BCUT2D eigenvalue weighted by molar-refractivity contribution is 7.89. The van der Waals surface area contributed by atoms with Crippen LogP contribution in [0.2, 0.25) is 0 Å². The lowest BCUT2D eigenvalue weighted by molar-refractivity contribution is -0.135. The smallest absolute Gasteiger partial charge is 0.246 e. The molecule has 4 N–H and O–H groups in total. The summed E-state index contributed by atoms with van der Waals surface area (Å²) in [7, 11) is -3.44. The number of primary sulfonamides is 1. The Balaban J connectivity index is 2.05. The van der Waals surface area contributed by atoms with Gasteiger partial charge in [-0.25, -0.2) is 13.6 Å². The number of ether oxygens (including phenoxy) is 1. The average molecular weight is 265 g/mol. The van der Waals surface area contributed by atoms with E-state index < -0.39 is 10.0 Å². The van der Waals surface area contributed by atoms with E-state index in [1.54, 1.807) is 0 Å². The number of carbonyl (C=O) groups is 1. The highest BCUT2D eigenvalue weighted by Gasteiger charge is 2.32. The van der Waals surface area contributed by atoms with Gasteiger partial charge in [-0.05, 0) is 13.3 Å². The van der Waals surface area contributed by atoms with E-state index in [-0.39, 0.29) is 30.4 Å². The fourth-order valence-corrected chi connectivity index (χ4v) is 1.92. The van der Waals surface area contributed by atoms with Crippen LogP contribution >= 0.6 is 0 Å². The summed E-state index contributed by atoms with van der Waals surface area (Å²) >= 11 is 0. The lowest BCUT2D eigenvalue weighted by atomic mass is 10.0. The molecule has 1 amide bonds. The molecule has 0 aromatic rings. The Bertz CT molecular complexity index is 364. The predicted molar refractivity (Wildman–Crippen MR) is 62.8 cm³/mol. The number of amides is 1. The molecule has 1 heterocycles. The molecule has 17 heavy (non-hydrogen) atoms. The number of sulfonamides is 1. The summed E-state index contributed by atoms with van der Waals surface area (Å²) in [5.74, 6) is -0.372. The molecule has 1 aliphatic rings. The summed E-state index contributed by atoms with van der Waals surface area (Å²) in [4.78, 5) is 11.3. The van der Waals surface area contributed by atoms with E-state index >= 15 is 0 Å². The van der Waals surface area contributed by atoms with Crippen LogP contribution in [0.4, 0.5) is 0 Å². The minimum absolute atomic E-state index is 0.00639. The van der Waals surface area contributed by atoms with Gasteiger partial charge in [-0.1, -0.05) is 0 Å². The van der Waals surface area contributed by atoms with Gasteiger partial charge in [0.25, 0.3) is 0 Å². The molecule has 1 rings (SSSR count). The molecule has 0 spiro atoms. The molecule has 1 saturated heterocycles. The third kappa shape index (κ3) is 5.97. The summed E-state index contributed by atoms with van der Waals surface area (Å²) in [5.41, 5.74) is -0.252. The van der Waals surface area contributed by atoms with Crippen molar-refractivity contribution in [1.29, 1.82) is 0 Å². The fourth-order valence-electron chi connectivity index (χ4n) is 1.37. The first-order chi connectivity index (χ1) is 7.81. The van der Waals surface area contributed by atoms with E-state index in [9.17, 15) is 13.2 Å². The molecule has 0 atom stereocenters. The highest BCUT2D eigenvalue weighted by Crippen LogP contribution is 2.14. The van der Waals surface area contributed by atoms with E-state index in [2.05, 4.69) is 10.6 Å². The van der Waals surface area contributed by atoms with E-state index in [4.69, 9.17) is 9.88 Å². The number of nitrogens with two attached hydrogens (primary N) is 1. The van der Waals surface area contributed by atoms with E-state index in [0.717, 1.165) is 13.1 Å². The van der Waals surface area contributed by atoms with Gasteiger partial charge in [-0.15, -0.1) is 0 Å². The van der Waals surface area contributed by atoms with Crippen molar-refractivity contribution in [2.75, 3.05) is 32.0 Å². The molecule has 0 unspecified atom stereocenters. The van der Waals surface area contributed by atoms with Crippen molar-refractivity contribution >= 4 is 15.9 Å². The highest BCUT2D eigenvalue weighted by atomic mass is 32.2. The van der Waals surface area contributed by atoms with Gasteiger partial charge in [0.2, 0.25) is 15.9 Å². The number of nitrogens with one attached hydrogen (secondary N) is 2. The van der Waals surface area contributed by atoms with Crippen LogP contribution in [0.15, 0.2) is 0 Å². The lowest BCUT2D eigenvalue weighted by Gasteiger charge is -2.38. The molecule has 100 valence electrons. The third-order valence-electron chi connectivity index (χ3n) is 2.48. The van der Waals surface area contributed by atoms with Crippen LogP contribution in [0.1, 0.15) is 13.3 Å². The molecule has 1 fully saturated rings. The standard InChI is InChI=1S/C9H19N3O4S/c1-9(6-11-7-9)16-5-8(13)12-3-2-4-17(10,14)15/h11H,2-7H2,1H3,(H,12,13)(H2,10,14,15). The van der Waals surface area contributed by atoms with Crippen LogP contribution in [0.25, 0.3) is 0 Å². The van der Waals surface area contributed by atoms with E-state index in [1.165, 1.54) is 0 Å². The molecule has 0 aromatic heterocycles. The molecule has 7 nitrogen and oxygen atoms in total. The number of rotatable bonds is 7. The zero-order valence-electron chi connectivity index (χ0n) is 9.86. The first-order valence-electron chi connectivity index (χ1n) is 5.43. The van der Waals surface area contributed by atoms with Crippen LogP contribution in [-0.2, 0) is 19.6 Å². The van der Waals surface area contributed by atoms with Gasteiger partial charge in [0.1, 0.15) is 6.61 Å². The molecule has 0 saturated carbocycles. The maximum Gasteiger partial charge on any atom is 0.246 e. The Kier molecular flexibility index (Phi) is 4.87. The van der Waals surface area contributed by atoms with Crippen LogP contribution in [0.3, 0.4) is 0 Å². The number of hydrogen-bond acceptors (Lipinski definition) is 5. The summed E-state index contributed by atoms with van der Waals surface area (Å²) < 4.78 is 26.6. The third-order valence-corrected chi connectivity index (χ3v) is 3.34. The van der Waals surface area contributed by atoms with Gasteiger partial charge < -0.3 is 15.4 Å². The molecule has 0 aromatic carbocycles. The maximum atomic E-state index is 11.3. The zero-order chi connectivity index (χ0) is 12.9. The number of hydrogen-bond donors (Lipinski definition) is 3. The van der Waals surface area contributed by atoms with Gasteiger partial charge in [-0.3, -0.25) is 4.79 Å². The quantitative estimate of drug-likeness (QED) is 0.468. The number of carbonyl (C=O) groups excluding carboxylic acids is 1. The van der Waals surface area contributed by atoms with Crippen LogP contribution in [-0.4, -0.2) is 51.9 Å². The Labute approximate surface area is 101 Å². The largest absolute Gasteiger partial charge is 0.363 e. The first-order valence-corrected chi connectivity index (χ1v) is 7.14. The van der Waals surface area contributed by atoms with Crippen LogP contribution < -0.4 is 15.8 Å². The molecule has 0 bridgehead atoms. The Morgan fingerprint density at radius 2 is 2.18 bits per heavy atom. The average Bonchev–Trinajstić information content (AvgIpc) is 2.17. The fraction of sp³-hybridized carbons (Fsp3) is 0.889. The van der Waals surface area contributed by atoms with Crippen molar-refractivity contribution < 1.29 is 17.9 Å². The van der Waals surface area contributed by atoms with Gasteiger partial charge in [0.15, 0.2) is 0 Å². The molecular weight excluding hydrogens is 246 g/mol. The van der Waals surface area contributed by atoms with Crippen LogP contribution in [0.5, 0.6) is 0 Å². The molecule has 8 heteroatoms. The predicted octanol–water partition coefficient (Wildman–Crippen LogP) is -1.84. The SMILES string of the molecule is CC1(OCC(=O)NCCCS(N)(=O)=O)CNC1. The normalized spacial score (nSPS) is 18.5. The van der Waals surface area contributed by atoms with Crippen LogP contribution in [0, 0.1) is 0 Å². The van der Waals surface area contributed by atoms with Crippen molar-refractivity contribution in [3.8, 4) is 0 Å². The molecule has 1 aliphatic heterocycles. The summed E-state index contributed by atoms with van der Waals surface area (Å²) in [5, 5.41) is 10.5. The maximum absolute atomic E-state index is 11.3. The summed E-state index contributed by atoms with van der Waals surface area (Å²) in [6.45, 7) is 3.69. The van der Waals surface area contributed by atoms with Gasteiger partial charge in [0, 0.05) is 19.6 Å². The van der Waals surface area contributed by atoms with Crippen molar-refractivity contribution in [2.24, 2.45) is 5.14 Å². The molecular formula is C9H19N3O4S. The van der Waals surface area contributed by atoms with Gasteiger partial charge in [-0.2, -0.15) is 0 Å². The lowest BCUT2D eigenvalue weighted by Crippen LogP contribution is -2.59. The minimum Gasteiger partial charge on any atom is -0.363 e. The minimum atomic E-state index is -3.44. The molecule has 0 aliphatic carbocycles. The monoisotopic (exact) mass is 265 g/mol. The second-order valence-corrected chi connectivity index (χ2v) is 6.15. The summed E-state index contributed by atoms with van der Waals surface area (Å²) in [6.07, 6.45) is 0.309. The molecule has 0 radical (unpaired) electrons. The van der Waals surface area contributed by atoms with Crippen molar-refractivity contribution in [2.45, 2.75) is 18.9 Å². The second kappa shape index (κ2) is 5.76. The van der Waals surface area contributed by atoms with Crippen molar-refractivity contribution in [1.82, 2.24) is 10.6 Å².